The summed E-state index contributed by atoms with van der Waals surface area (Å²) in [7, 11) is 3.10. The lowest BCUT2D eigenvalue weighted by Gasteiger charge is -2.23. The van der Waals surface area contributed by atoms with Gasteiger partial charge in [-0.2, -0.15) is 0 Å². The molecule has 0 aliphatic carbocycles. The zero-order chi connectivity index (χ0) is 24.9. The van der Waals surface area contributed by atoms with Crippen molar-refractivity contribution in [1.82, 2.24) is 9.88 Å². The third-order valence-electron chi connectivity index (χ3n) is 5.99. The van der Waals surface area contributed by atoms with E-state index in [2.05, 4.69) is 5.32 Å². The Morgan fingerprint density at radius 3 is 2.43 bits per heavy atom. The van der Waals surface area contributed by atoms with Crippen LogP contribution in [0.2, 0.25) is 0 Å². The molecule has 0 amide bonds. The number of anilines is 2. The molecule has 2 heterocycles. The Labute approximate surface area is 202 Å². The standard InChI is InChI=1S/C22H20F4N4O4.ClH/c1-28-12-7-29(8-14(12)34-2)20-16(25)18(27)15-19(17(20)26)30(6-10(21(15)31)22(32)33)13-4-3-9(23)5-11(13)24;/h3-6,12,14,28H,7-8,27H2,1-2H3,(H,32,33);1H/t12-,14+;/m0./s1. The van der Waals surface area contributed by atoms with Crippen LogP contribution >= 0.6 is 12.4 Å². The van der Waals surface area contributed by atoms with E-state index < -0.39 is 74.3 Å². The predicted octanol–water partition coefficient (Wildman–Crippen LogP) is 2.67. The van der Waals surface area contributed by atoms with Crippen molar-refractivity contribution in [1.29, 1.82) is 0 Å². The Balaban J connectivity index is 0.00000342. The quantitative estimate of drug-likeness (QED) is 0.353. The zero-order valence-electron chi connectivity index (χ0n) is 18.4. The second-order valence-corrected chi connectivity index (χ2v) is 7.83. The van der Waals surface area contributed by atoms with Crippen LogP contribution in [0.1, 0.15) is 10.4 Å². The number of nitrogens with one attached hydrogen (secondary N) is 1. The van der Waals surface area contributed by atoms with Crippen molar-refractivity contribution in [2.45, 2.75) is 12.1 Å². The Hall–Kier alpha value is -3.35. The number of aromatic carboxylic acids is 1. The van der Waals surface area contributed by atoms with Crippen LogP contribution < -0.4 is 21.4 Å². The van der Waals surface area contributed by atoms with Crippen molar-refractivity contribution in [3.63, 3.8) is 0 Å². The van der Waals surface area contributed by atoms with Gasteiger partial charge < -0.3 is 30.4 Å². The van der Waals surface area contributed by atoms with Gasteiger partial charge in [-0.25, -0.2) is 22.4 Å². The first-order chi connectivity index (χ1) is 16.1. The van der Waals surface area contributed by atoms with Gasteiger partial charge in [-0.05, 0) is 19.2 Å². The predicted molar refractivity (Wildman–Crippen MR) is 124 cm³/mol. The number of carbonyl (C=O) groups is 1. The number of rotatable bonds is 5. The van der Waals surface area contributed by atoms with Gasteiger partial charge in [0, 0.05) is 32.5 Å². The summed E-state index contributed by atoms with van der Waals surface area (Å²) in [4.78, 5) is 25.8. The smallest absolute Gasteiger partial charge is 0.341 e. The molecule has 1 aliphatic heterocycles. The maximum Gasteiger partial charge on any atom is 0.341 e. The minimum Gasteiger partial charge on any atom is -0.477 e. The SMILES string of the molecule is CN[C@H]1CN(c2c(F)c(N)c3c(=O)c(C(=O)O)cn(-c4ccc(F)cc4F)c3c2F)C[C@H]1OC.Cl. The first kappa shape index (κ1) is 26.3. The van der Waals surface area contributed by atoms with Crippen LogP contribution in [-0.4, -0.2) is 55.0 Å². The molecule has 0 bridgehead atoms. The molecule has 2 aromatic carbocycles. The largest absolute Gasteiger partial charge is 0.477 e. The number of likely N-dealkylation sites (N-methyl/N-ethyl adjacent to an activating group) is 1. The zero-order valence-corrected chi connectivity index (χ0v) is 19.3. The highest BCUT2D eigenvalue weighted by Gasteiger charge is 2.37. The van der Waals surface area contributed by atoms with Crippen LogP contribution in [0.4, 0.5) is 28.9 Å². The Bertz CT molecular complexity index is 1370. The summed E-state index contributed by atoms with van der Waals surface area (Å²) in [6.07, 6.45) is 0.276. The number of benzene rings is 2. The maximum atomic E-state index is 16.0. The maximum absolute atomic E-state index is 16.0. The highest BCUT2D eigenvalue weighted by molar-refractivity contribution is 6.00. The summed E-state index contributed by atoms with van der Waals surface area (Å²) in [6, 6.07) is 2.03. The van der Waals surface area contributed by atoms with Crippen molar-refractivity contribution < 1.29 is 32.2 Å². The number of carboxylic acid groups (broad SMARTS) is 1. The lowest BCUT2D eigenvalue weighted by Crippen LogP contribution is -2.37. The van der Waals surface area contributed by atoms with Crippen molar-refractivity contribution in [3.8, 4) is 5.69 Å². The molecule has 0 unspecified atom stereocenters. The fourth-order valence-corrected chi connectivity index (χ4v) is 4.30. The van der Waals surface area contributed by atoms with Crippen LogP contribution in [0.15, 0.2) is 29.2 Å². The van der Waals surface area contributed by atoms with Crippen LogP contribution in [-0.2, 0) is 4.74 Å². The number of nitrogens with zero attached hydrogens (tertiary/aromatic N) is 2. The van der Waals surface area contributed by atoms with E-state index in [1.54, 1.807) is 7.05 Å². The van der Waals surface area contributed by atoms with Gasteiger partial charge >= 0.3 is 5.97 Å². The fourth-order valence-electron chi connectivity index (χ4n) is 4.30. The molecule has 1 fully saturated rings. The number of nitrogens with two attached hydrogens (primary N) is 1. The van der Waals surface area contributed by atoms with Gasteiger partial charge in [-0.1, -0.05) is 0 Å². The number of hydrogen-bond donors (Lipinski definition) is 3. The molecule has 1 aromatic heterocycles. The fraction of sp³-hybridized carbons (Fsp3) is 0.273. The van der Waals surface area contributed by atoms with E-state index in [1.165, 1.54) is 12.0 Å². The van der Waals surface area contributed by atoms with Crippen molar-refractivity contribution >= 4 is 40.7 Å². The average Bonchev–Trinajstić information content (AvgIpc) is 3.20. The van der Waals surface area contributed by atoms with Crippen molar-refractivity contribution in [2.75, 3.05) is 37.9 Å². The molecule has 188 valence electrons. The van der Waals surface area contributed by atoms with Gasteiger partial charge in [0.25, 0.3) is 0 Å². The minimum absolute atomic E-state index is 0. The number of ether oxygens (including phenoxy) is 1. The van der Waals surface area contributed by atoms with Gasteiger partial charge in [-0.15, -0.1) is 12.4 Å². The van der Waals surface area contributed by atoms with Gasteiger partial charge in [-0.3, -0.25) is 4.79 Å². The first-order valence-corrected chi connectivity index (χ1v) is 10.1. The van der Waals surface area contributed by atoms with E-state index in [1.807, 2.05) is 0 Å². The lowest BCUT2D eigenvalue weighted by molar-refractivity contribution is 0.0695. The molecule has 1 aliphatic rings. The molecule has 0 saturated carbocycles. The summed E-state index contributed by atoms with van der Waals surface area (Å²) in [5.41, 5.74) is 1.27. The summed E-state index contributed by atoms with van der Waals surface area (Å²) < 4.78 is 65.6. The number of carboxylic acids is 1. The van der Waals surface area contributed by atoms with Gasteiger partial charge in [0.05, 0.1) is 34.4 Å². The molecule has 3 aromatic rings. The topological polar surface area (TPSA) is 110 Å². The van der Waals surface area contributed by atoms with Crippen LogP contribution in [0.3, 0.4) is 0 Å². The molecule has 0 radical (unpaired) electrons. The van der Waals surface area contributed by atoms with E-state index >= 15 is 8.78 Å². The number of hydrogen-bond acceptors (Lipinski definition) is 6. The number of aromatic nitrogens is 1. The molecule has 13 heteroatoms. The number of methoxy groups -OCH3 is 1. The molecule has 2 atom stereocenters. The van der Waals surface area contributed by atoms with E-state index in [-0.39, 0.29) is 31.5 Å². The number of nitrogen functional groups attached to an aromatic ring is 1. The molecule has 35 heavy (non-hydrogen) atoms. The summed E-state index contributed by atoms with van der Waals surface area (Å²) in [6.45, 7) is 0.194. The number of fused-ring (bicyclic) bond motifs is 1. The molecule has 4 N–H and O–H groups in total. The van der Waals surface area contributed by atoms with E-state index in [0.717, 1.165) is 16.7 Å². The van der Waals surface area contributed by atoms with Gasteiger partial charge in [0.2, 0.25) is 5.43 Å². The van der Waals surface area contributed by atoms with Gasteiger partial charge in [0.1, 0.15) is 22.9 Å². The number of pyridine rings is 1. The van der Waals surface area contributed by atoms with Crippen molar-refractivity contribution in [2.24, 2.45) is 0 Å². The third kappa shape index (κ3) is 4.17. The highest BCUT2D eigenvalue weighted by atomic mass is 35.5. The third-order valence-corrected chi connectivity index (χ3v) is 5.99. The molecule has 0 spiro atoms. The molecule has 4 rings (SSSR count). The molecular weight excluding hydrogens is 496 g/mol. The Morgan fingerprint density at radius 2 is 1.89 bits per heavy atom. The average molecular weight is 517 g/mol. The summed E-state index contributed by atoms with van der Waals surface area (Å²) in [5.74, 6) is -6.33. The van der Waals surface area contributed by atoms with E-state index in [9.17, 15) is 23.5 Å². The van der Waals surface area contributed by atoms with Crippen LogP contribution in [0.5, 0.6) is 0 Å². The van der Waals surface area contributed by atoms with E-state index in [4.69, 9.17) is 10.5 Å². The Morgan fingerprint density at radius 1 is 1.20 bits per heavy atom. The first-order valence-electron chi connectivity index (χ1n) is 10.1. The lowest BCUT2D eigenvalue weighted by atomic mass is 10.1. The van der Waals surface area contributed by atoms with Crippen LogP contribution in [0, 0.1) is 23.3 Å². The summed E-state index contributed by atoms with van der Waals surface area (Å²) >= 11 is 0. The molecule has 1 saturated heterocycles. The van der Waals surface area contributed by atoms with Crippen molar-refractivity contribution in [3.05, 3.63) is 63.5 Å². The Kier molecular flexibility index (Phi) is 7.29. The monoisotopic (exact) mass is 516 g/mol. The molecular formula is C22H21ClF4N4O4. The number of halogens is 5. The van der Waals surface area contributed by atoms with E-state index in [0.29, 0.717) is 12.3 Å². The minimum atomic E-state index is -1.72. The summed E-state index contributed by atoms with van der Waals surface area (Å²) in [5, 5.41) is 11.7. The molecule has 8 nitrogen and oxygen atoms in total. The second kappa shape index (κ2) is 9.72. The normalized spacial score (nSPS) is 17.6. The highest BCUT2D eigenvalue weighted by Crippen LogP contribution is 2.38. The van der Waals surface area contributed by atoms with Crippen LogP contribution in [0.25, 0.3) is 16.6 Å². The second-order valence-electron chi connectivity index (χ2n) is 7.83. The van der Waals surface area contributed by atoms with Gasteiger partial charge in [0.15, 0.2) is 11.6 Å².